The molecule has 1 amide bonds. The average molecular weight is 327 g/mol. The fourth-order valence-electron chi connectivity index (χ4n) is 2.96. The van der Waals surface area contributed by atoms with Crippen LogP contribution in [-0.2, 0) is 4.79 Å². The zero-order valence-electron chi connectivity index (χ0n) is 13.3. The molecule has 1 heterocycles. The van der Waals surface area contributed by atoms with Gasteiger partial charge in [0.25, 0.3) is 5.91 Å². The first-order valence-electron chi connectivity index (χ1n) is 8.02. The van der Waals surface area contributed by atoms with Gasteiger partial charge in [-0.2, -0.15) is 0 Å². The fraction of sp³-hybridized carbons (Fsp3) is 0.588. The quantitative estimate of drug-likeness (QED) is 0.905. The topological polar surface area (TPSA) is 49.8 Å². The molecule has 2 rings (SSSR count). The number of nitrogens with zero attached hydrogens (tertiary/aromatic N) is 1. The number of benzene rings is 1. The Hall–Kier alpha value is -1.69. The number of rotatable bonds is 5. The Morgan fingerprint density at radius 2 is 2.17 bits per heavy atom. The first-order valence-corrected chi connectivity index (χ1v) is 8.02. The van der Waals surface area contributed by atoms with Gasteiger partial charge in [-0.05, 0) is 38.3 Å². The van der Waals surface area contributed by atoms with E-state index in [9.17, 15) is 18.7 Å². The highest BCUT2D eigenvalue weighted by Crippen LogP contribution is 2.22. The Balaban J connectivity index is 1.98. The van der Waals surface area contributed by atoms with Gasteiger partial charge in [0.2, 0.25) is 0 Å². The molecule has 1 aliphatic rings. The van der Waals surface area contributed by atoms with Gasteiger partial charge in [0, 0.05) is 18.7 Å². The lowest BCUT2D eigenvalue weighted by Gasteiger charge is -2.31. The third-order valence-electron chi connectivity index (χ3n) is 4.06. The van der Waals surface area contributed by atoms with Crippen molar-refractivity contribution in [3.05, 3.63) is 29.8 Å². The number of carbonyl (C=O) groups is 1. The molecule has 0 bridgehead atoms. The number of aliphatic hydroxyl groups is 1. The zero-order valence-corrected chi connectivity index (χ0v) is 13.3. The Labute approximate surface area is 135 Å². The van der Waals surface area contributed by atoms with Crippen molar-refractivity contribution in [2.45, 2.75) is 51.2 Å². The zero-order chi connectivity index (χ0) is 16.8. The SMILES string of the molecule is C[C@@H](O)C[C@H]1CCCCCN1C(=O)COc1ccc(F)cc1F. The smallest absolute Gasteiger partial charge is 0.260 e. The summed E-state index contributed by atoms with van der Waals surface area (Å²) < 4.78 is 31.6. The summed E-state index contributed by atoms with van der Waals surface area (Å²) in [5, 5.41) is 9.61. The van der Waals surface area contributed by atoms with Gasteiger partial charge in [0.15, 0.2) is 18.2 Å². The Morgan fingerprint density at radius 3 is 2.87 bits per heavy atom. The molecule has 128 valence electrons. The standard InChI is InChI=1S/C17H23F2NO3/c1-12(21)9-14-5-3-2-4-8-20(14)17(22)11-23-16-7-6-13(18)10-15(16)19/h6-7,10,12,14,21H,2-5,8-9,11H2,1H3/t12-,14-/m1/s1. The highest BCUT2D eigenvalue weighted by atomic mass is 19.1. The number of aliphatic hydroxyl groups excluding tert-OH is 1. The van der Waals surface area contributed by atoms with Gasteiger partial charge in [-0.3, -0.25) is 4.79 Å². The summed E-state index contributed by atoms with van der Waals surface area (Å²) in [7, 11) is 0. The summed E-state index contributed by atoms with van der Waals surface area (Å²) in [6, 6.07) is 2.97. The molecule has 1 fully saturated rings. The van der Waals surface area contributed by atoms with Crippen LogP contribution in [0.3, 0.4) is 0 Å². The van der Waals surface area contributed by atoms with Gasteiger partial charge >= 0.3 is 0 Å². The number of hydrogen-bond donors (Lipinski definition) is 1. The molecule has 0 aliphatic carbocycles. The molecule has 4 nitrogen and oxygen atoms in total. The largest absolute Gasteiger partial charge is 0.481 e. The third kappa shape index (κ3) is 5.16. The van der Waals surface area contributed by atoms with E-state index >= 15 is 0 Å². The molecule has 6 heteroatoms. The van der Waals surface area contributed by atoms with Crippen molar-refractivity contribution in [3.8, 4) is 5.75 Å². The highest BCUT2D eigenvalue weighted by molar-refractivity contribution is 5.78. The number of likely N-dealkylation sites (tertiary alicyclic amines) is 1. The van der Waals surface area contributed by atoms with Crippen LogP contribution in [0.25, 0.3) is 0 Å². The molecular formula is C17H23F2NO3. The number of hydrogen-bond acceptors (Lipinski definition) is 3. The van der Waals surface area contributed by atoms with E-state index in [0.29, 0.717) is 13.0 Å². The number of halogens is 2. The number of amides is 1. The molecule has 0 aromatic heterocycles. The van der Waals surface area contributed by atoms with Gasteiger partial charge in [-0.25, -0.2) is 8.78 Å². The second-order valence-corrected chi connectivity index (χ2v) is 6.04. The molecule has 2 atom stereocenters. The van der Waals surface area contributed by atoms with Crippen LogP contribution in [0.5, 0.6) is 5.75 Å². The number of ether oxygens (including phenoxy) is 1. The lowest BCUT2D eigenvalue weighted by molar-refractivity contribution is -0.136. The lowest BCUT2D eigenvalue weighted by atomic mass is 10.0. The van der Waals surface area contributed by atoms with Crippen LogP contribution in [0.2, 0.25) is 0 Å². The molecule has 1 saturated heterocycles. The monoisotopic (exact) mass is 327 g/mol. The summed E-state index contributed by atoms with van der Waals surface area (Å²) >= 11 is 0. The minimum Gasteiger partial charge on any atom is -0.481 e. The maximum absolute atomic E-state index is 13.5. The summed E-state index contributed by atoms with van der Waals surface area (Å²) in [4.78, 5) is 14.1. The second kappa shape index (κ2) is 8.24. The van der Waals surface area contributed by atoms with Gasteiger partial charge in [0.05, 0.1) is 6.10 Å². The summed E-state index contributed by atoms with van der Waals surface area (Å²) in [5.74, 6) is -1.89. The van der Waals surface area contributed by atoms with E-state index < -0.39 is 17.7 Å². The van der Waals surface area contributed by atoms with Crippen molar-refractivity contribution in [1.82, 2.24) is 4.90 Å². The Bertz CT molecular complexity index is 537. The first-order chi connectivity index (χ1) is 11.0. The maximum Gasteiger partial charge on any atom is 0.260 e. The molecule has 0 unspecified atom stereocenters. The second-order valence-electron chi connectivity index (χ2n) is 6.04. The fourth-order valence-corrected chi connectivity index (χ4v) is 2.96. The van der Waals surface area contributed by atoms with Gasteiger partial charge in [-0.1, -0.05) is 12.8 Å². The van der Waals surface area contributed by atoms with Crippen LogP contribution in [0.4, 0.5) is 8.78 Å². The van der Waals surface area contributed by atoms with Crippen LogP contribution in [-0.4, -0.2) is 41.2 Å². The van der Waals surface area contributed by atoms with Crippen molar-refractivity contribution >= 4 is 5.91 Å². The Morgan fingerprint density at radius 1 is 1.39 bits per heavy atom. The molecule has 23 heavy (non-hydrogen) atoms. The van der Waals surface area contributed by atoms with Gasteiger partial charge < -0.3 is 14.7 Å². The predicted octanol–water partition coefficient (Wildman–Crippen LogP) is 2.89. The normalized spacial score (nSPS) is 20.0. The Kier molecular flexibility index (Phi) is 6.33. The molecule has 0 saturated carbocycles. The molecule has 1 aliphatic heterocycles. The van der Waals surface area contributed by atoms with Crippen molar-refractivity contribution < 1.29 is 23.4 Å². The van der Waals surface area contributed by atoms with E-state index in [1.54, 1.807) is 11.8 Å². The van der Waals surface area contributed by atoms with Crippen LogP contribution in [0.1, 0.15) is 39.0 Å². The van der Waals surface area contributed by atoms with Crippen molar-refractivity contribution in [2.24, 2.45) is 0 Å². The molecule has 0 radical (unpaired) electrons. The molecule has 1 N–H and O–H groups in total. The van der Waals surface area contributed by atoms with E-state index in [1.165, 1.54) is 6.07 Å². The van der Waals surface area contributed by atoms with Crippen LogP contribution >= 0.6 is 0 Å². The van der Waals surface area contributed by atoms with Crippen LogP contribution in [0.15, 0.2) is 18.2 Å². The molecular weight excluding hydrogens is 304 g/mol. The number of carbonyl (C=O) groups excluding carboxylic acids is 1. The van der Waals surface area contributed by atoms with Crippen molar-refractivity contribution in [3.63, 3.8) is 0 Å². The van der Waals surface area contributed by atoms with Crippen molar-refractivity contribution in [1.29, 1.82) is 0 Å². The van der Waals surface area contributed by atoms with E-state index in [4.69, 9.17) is 4.74 Å². The van der Waals surface area contributed by atoms with E-state index in [-0.39, 0.29) is 24.3 Å². The van der Waals surface area contributed by atoms with Crippen LogP contribution < -0.4 is 4.74 Å². The van der Waals surface area contributed by atoms with E-state index in [2.05, 4.69) is 0 Å². The van der Waals surface area contributed by atoms with E-state index in [0.717, 1.165) is 37.8 Å². The average Bonchev–Trinajstić information content (AvgIpc) is 2.71. The summed E-state index contributed by atoms with van der Waals surface area (Å²) in [5.41, 5.74) is 0. The first kappa shape index (κ1) is 17.7. The van der Waals surface area contributed by atoms with E-state index in [1.807, 2.05) is 0 Å². The highest BCUT2D eigenvalue weighted by Gasteiger charge is 2.26. The van der Waals surface area contributed by atoms with Gasteiger partial charge in [-0.15, -0.1) is 0 Å². The minimum atomic E-state index is -0.825. The molecule has 1 aromatic rings. The molecule has 1 aromatic carbocycles. The minimum absolute atomic E-state index is 0.0216. The molecule has 0 spiro atoms. The van der Waals surface area contributed by atoms with Crippen LogP contribution in [0, 0.1) is 11.6 Å². The summed E-state index contributed by atoms with van der Waals surface area (Å²) in [6.45, 7) is 2.03. The third-order valence-corrected chi connectivity index (χ3v) is 4.06. The maximum atomic E-state index is 13.5. The lowest BCUT2D eigenvalue weighted by Crippen LogP contribution is -2.43. The summed E-state index contributed by atoms with van der Waals surface area (Å²) in [6.07, 6.45) is 3.87. The van der Waals surface area contributed by atoms with Gasteiger partial charge in [0.1, 0.15) is 5.82 Å². The van der Waals surface area contributed by atoms with Crippen molar-refractivity contribution in [2.75, 3.05) is 13.2 Å². The predicted molar refractivity (Wildman–Crippen MR) is 82.1 cm³/mol.